The Morgan fingerprint density at radius 3 is 2.75 bits per heavy atom. The third kappa shape index (κ3) is 1.62. The highest BCUT2D eigenvalue weighted by Gasteiger charge is 2.06. The van der Waals surface area contributed by atoms with Crippen LogP contribution in [0.1, 0.15) is 0 Å². The topological polar surface area (TPSA) is 0 Å². The predicted octanol–water partition coefficient (Wildman–Crippen LogP) is 4.40. The number of thiophene rings is 1. The lowest BCUT2D eigenvalue weighted by Crippen LogP contribution is -1.68. The monoisotopic (exact) mass is 418 g/mol. The van der Waals surface area contributed by atoms with E-state index >= 15 is 0 Å². The number of benzene rings is 1. The first-order valence-electron chi connectivity index (χ1n) is 3.25. The van der Waals surface area contributed by atoms with E-state index in [4.69, 9.17) is 0 Å². The first-order chi connectivity index (χ1) is 5.68. The average Bonchev–Trinajstić information content (AvgIpc) is 2.28. The first-order valence-corrected chi connectivity index (χ1v) is 6.67. The summed E-state index contributed by atoms with van der Waals surface area (Å²) in [4.78, 5) is 1.04. The SMILES string of the molecule is Sc1ccc2c(I)c(I)sc2c1. The van der Waals surface area contributed by atoms with E-state index in [0.717, 1.165) is 4.90 Å². The smallest absolute Gasteiger partial charge is 0.0799 e. The quantitative estimate of drug-likeness (QED) is 0.476. The van der Waals surface area contributed by atoms with E-state index in [-0.39, 0.29) is 0 Å². The summed E-state index contributed by atoms with van der Waals surface area (Å²) in [6, 6.07) is 6.29. The number of fused-ring (bicyclic) bond motifs is 1. The van der Waals surface area contributed by atoms with Crippen LogP contribution >= 0.6 is 69.1 Å². The number of thiol groups is 1. The van der Waals surface area contributed by atoms with Gasteiger partial charge in [-0.3, -0.25) is 0 Å². The lowest BCUT2D eigenvalue weighted by Gasteiger charge is -1.91. The van der Waals surface area contributed by atoms with E-state index in [2.05, 4.69) is 69.9 Å². The molecule has 0 nitrogen and oxygen atoms in total. The molecule has 0 saturated heterocycles. The van der Waals surface area contributed by atoms with Gasteiger partial charge in [0, 0.05) is 18.6 Å². The fourth-order valence-corrected chi connectivity index (χ4v) is 4.16. The van der Waals surface area contributed by atoms with Crippen molar-refractivity contribution in [2.24, 2.45) is 0 Å². The van der Waals surface area contributed by atoms with Crippen LogP contribution in [0.5, 0.6) is 0 Å². The van der Waals surface area contributed by atoms with Gasteiger partial charge in [-0.25, -0.2) is 0 Å². The Labute approximate surface area is 107 Å². The van der Waals surface area contributed by atoms with Gasteiger partial charge < -0.3 is 0 Å². The fraction of sp³-hybridized carbons (Fsp3) is 0. The van der Waals surface area contributed by atoms with Crippen molar-refractivity contribution in [2.45, 2.75) is 4.90 Å². The minimum atomic E-state index is 1.04. The molecule has 0 bridgehead atoms. The minimum absolute atomic E-state index is 1.04. The Bertz CT molecular complexity index is 434. The molecule has 0 atom stereocenters. The van der Waals surface area contributed by atoms with Gasteiger partial charge in [-0.05, 0) is 57.3 Å². The zero-order chi connectivity index (χ0) is 8.72. The molecule has 0 fully saturated rings. The lowest BCUT2D eigenvalue weighted by molar-refractivity contribution is 1.54. The first kappa shape index (κ1) is 9.54. The van der Waals surface area contributed by atoms with Crippen LogP contribution in [-0.2, 0) is 0 Å². The average molecular weight is 418 g/mol. The van der Waals surface area contributed by atoms with Gasteiger partial charge in [0.2, 0.25) is 0 Å². The summed E-state index contributed by atoms with van der Waals surface area (Å²) in [7, 11) is 0. The molecule has 0 spiro atoms. The van der Waals surface area contributed by atoms with Gasteiger partial charge in [0.15, 0.2) is 0 Å². The van der Waals surface area contributed by atoms with Crippen LogP contribution in [-0.4, -0.2) is 0 Å². The normalized spacial score (nSPS) is 10.9. The van der Waals surface area contributed by atoms with Gasteiger partial charge >= 0.3 is 0 Å². The lowest BCUT2D eigenvalue weighted by atomic mass is 10.3. The molecular formula is C8H4I2S2. The van der Waals surface area contributed by atoms with Crippen molar-refractivity contribution in [1.29, 1.82) is 0 Å². The van der Waals surface area contributed by atoms with Gasteiger partial charge in [0.1, 0.15) is 0 Å². The fourth-order valence-electron chi connectivity index (χ4n) is 1.02. The third-order valence-corrected chi connectivity index (χ3v) is 6.51. The molecule has 2 aromatic rings. The van der Waals surface area contributed by atoms with Crippen LogP contribution in [0, 0.1) is 6.45 Å². The largest absolute Gasteiger partial charge is 0.143 e. The van der Waals surface area contributed by atoms with E-state index in [0.29, 0.717) is 0 Å². The maximum atomic E-state index is 4.31. The Morgan fingerprint density at radius 1 is 1.25 bits per heavy atom. The highest BCUT2D eigenvalue weighted by atomic mass is 127. The second kappa shape index (κ2) is 3.62. The third-order valence-electron chi connectivity index (χ3n) is 1.57. The number of hydrogen-bond donors (Lipinski definition) is 1. The summed E-state index contributed by atoms with van der Waals surface area (Å²) in [6.45, 7) is 0. The van der Waals surface area contributed by atoms with Gasteiger partial charge in [0.05, 0.1) is 2.88 Å². The molecule has 0 unspecified atom stereocenters. The zero-order valence-corrected chi connectivity index (χ0v) is 11.9. The molecule has 0 aliphatic carbocycles. The zero-order valence-electron chi connectivity index (χ0n) is 5.84. The molecule has 1 heterocycles. The van der Waals surface area contributed by atoms with E-state index < -0.39 is 0 Å². The minimum Gasteiger partial charge on any atom is -0.143 e. The highest BCUT2D eigenvalue weighted by molar-refractivity contribution is 14.1. The van der Waals surface area contributed by atoms with Gasteiger partial charge in [-0.2, -0.15) is 0 Å². The summed E-state index contributed by atoms with van der Waals surface area (Å²) in [5.74, 6) is 0. The van der Waals surface area contributed by atoms with Crippen molar-refractivity contribution < 1.29 is 0 Å². The molecule has 62 valence electrons. The molecule has 2 rings (SSSR count). The van der Waals surface area contributed by atoms with Gasteiger partial charge in [-0.15, -0.1) is 24.0 Å². The molecule has 1 aromatic carbocycles. The molecule has 4 heteroatoms. The molecular weight excluding hydrogens is 414 g/mol. The van der Waals surface area contributed by atoms with Crippen LogP contribution in [0.2, 0.25) is 0 Å². The molecule has 0 saturated carbocycles. The van der Waals surface area contributed by atoms with Crippen LogP contribution in [0.3, 0.4) is 0 Å². The highest BCUT2D eigenvalue weighted by Crippen LogP contribution is 2.34. The Balaban J connectivity index is 2.87. The summed E-state index contributed by atoms with van der Waals surface area (Å²) in [5, 5.41) is 1.35. The second-order valence-corrected chi connectivity index (χ2v) is 6.83. The Kier molecular flexibility index (Phi) is 2.88. The number of hydrogen-bond acceptors (Lipinski definition) is 2. The standard InChI is InChI=1S/C8H4I2S2/c9-7-5-2-1-4(11)3-6(5)12-8(7)10/h1-3,11H. The van der Waals surface area contributed by atoms with Crippen molar-refractivity contribution in [3.8, 4) is 0 Å². The van der Waals surface area contributed by atoms with Crippen molar-refractivity contribution in [1.82, 2.24) is 0 Å². The van der Waals surface area contributed by atoms with Crippen LogP contribution in [0.4, 0.5) is 0 Å². The maximum absolute atomic E-state index is 4.31. The summed E-state index contributed by atoms with van der Waals surface area (Å²) in [6.07, 6.45) is 0. The van der Waals surface area contributed by atoms with Crippen molar-refractivity contribution in [3.63, 3.8) is 0 Å². The van der Waals surface area contributed by atoms with Gasteiger partial charge in [-0.1, -0.05) is 6.07 Å². The van der Waals surface area contributed by atoms with E-state index in [1.807, 2.05) is 17.4 Å². The van der Waals surface area contributed by atoms with Crippen molar-refractivity contribution in [2.75, 3.05) is 0 Å². The second-order valence-electron chi connectivity index (χ2n) is 2.37. The molecule has 0 radical (unpaired) electrons. The van der Waals surface area contributed by atoms with Crippen LogP contribution < -0.4 is 0 Å². The van der Waals surface area contributed by atoms with Crippen molar-refractivity contribution >= 4 is 79.2 Å². The number of rotatable bonds is 0. The van der Waals surface area contributed by atoms with E-state index in [1.165, 1.54) is 16.5 Å². The summed E-state index contributed by atoms with van der Waals surface area (Å²) >= 11 is 10.9. The molecule has 0 aliphatic heterocycles. The molecule has 1 aromatic heterocycles. The summed E-state index contributed by atoms with van der Waals surface area (Å²) in [5.41, 5.74) is 0. The van der Waals surface area contributed by atoms with E-state index in [1.54, 1.807) is 0 Å². The molecule has 12 heavy (non-hydrogen) atoms. The van der Waals surface area contributed by atoms with Crippen molar-refractivity contribution in [3.05, 3.63) is 24.7 Å². The van der Waals surface area contributed by atoms with Crippen LogP contribution in [0.15, 0.2) is 23.1 Å². The summed E-state index contributed by atoms with van der Waals surface area (Å²) < 4.78 is 4.06. The van der Waals surface area contributed by atoms with Gasteiger partial charge in [0.25, 0.3) is 0 Å². The Morgan fingerprint density at radius 2 is 2.00 bits per heavy atom. The van der Waals surface area contributed by atoms with E-state index in [9.17, 15) is 0 Å². The maximum Gasteiger partial charge on any atom is 0.0799 e. The molecule has 0 N–H and O–H groups in total. The number of halogens is 2. The Hall–Kier alpha value is 0.990. The van der Waals surface area contributed by atoms with Crippen LogP contribution in [0.25, 0.3) is 10.1 Å². The predicted molar refractivity (Wildman–Crippen MR) is 74.5 cm³/mol. The molecule has 0 aliphatic rings. The molecule has 0 amide bonds.